The number of nitrogens with one attached hydrogen (secondary N) is 1. The van der Waals surface area contributed by atoms with Crippen molar-refractivity contribution in [3.63, 3.8) is 0 Å². The molecule has 0 radical (unpaired) electrons. The lowest BCUT2D eigenvalue weighted by Gasteiger charge is -2.31. The van der Waals surface area contributed by atoms with E-state index in [1.165, 1.54) is 12.1 Å². The third-order valence-electron chi connectivity index (χ3n) is 5.27. The third-order valence-corrected chi connectivity index (χ3v) is 5.27. The number of hydrogen-bond acceptors (Lipinski definition) is 5. The first-order valence-corrected chi connectivity index (χ1v) is 10.2. The zero-order chi connectivity index (χ0) is 20.4. The molecule has 3 heterocycles. The molecule has 3 aromatic rings. The standard InChI is InChI=1S/C21H26FN5O2/c1-13(2)10-19-25-21(29-26-19)14-4-3-9-27(12-14)20(28)8-7-18-23-16-6-5-15(22)11-17(16)24-18/h5-6,11,13-14H,3-4,7-10,12H2,1-2H3,(H,23,24). The topological polar surface area (TPSA) is 87.9 Å². The molecule has 29 heavy (non-hydrogen) atoms. The van der Waals surface area contributed by atoms with Gasteiger partial charge in [-0.15, -0.1) is 0 Å². The average molecular weight is 399 g/mol. The summed E-state index contributed by atoms with van der Waals surface area (Å²) in [6.07, 6.45) is 3.51. The van der Waals surface area contributed by atoms with Crippen LogP contribution < -0.4 is 0 Å². The van der Waals surface area contributed by atoms with Crippen molar-refractivity contribution in [2.24, 2.45) is 5.92 Å². The number of imidazole rings is 1. The highest BCUT2D eigenvalue weighted by molar-refractivity contribution is 5.77. The van der Waals surface area contributed by atoms with Gasteiger partial charge < -0.3 is 14.4 Å². The Bertz CT molecular complexity index is 996. The molecule has 1 N–H and O–H groups in total. The van der Waals surface area contributed by atoms with E-state index in [9.17, 15) is 9.18 Å². The number of carbonyl (C=O) groups excluding carboxylic acids is 1. The molecule has 8 heteroatoms. The number of aryl methyl sites for hydroxylation is 1. The Kier molecular flexibility index (Phi) is 5.60. The molecular formula is C21H26FN5O2. The van der Waals surface area contributed by atoms with Crippen molar-refractivity contribution in [3.8, 4) is 0 Å². The molecule has 1 atom stereocenters. The maximum Gasteiger partial charge on any atom is 0.231 e. The molecule has 4 rings (SSSR count). The molecule has 1 fully saturated rings. The van der Waals surface area contributed by atoms with Crippen LogP contribution in [0.2, 0.25) is 0 Å². The van der Waals surface area contributed by atoms with Crippen molar-refractivity contribution in [1.29, 1.82) is 0 Å². The van der Waals surface area contributed by atoms with Crippen LogP contribution in [0, 0.1) is 11.7 Å². The lowest BCUT2D eigenvalue weighted by Crippen LogP contribution is -2.39. The Morgan fingerprint density at radius 3 is 3.07 bits per heavy atom. The predicted octanol–water partition coefficient (Wildman–Crippen LogP) is 3.62. The maximum absolute atomic E-state index is 13.3. The van der Waals surface area contributed by atoms with Crippen molar-refractivity contribution >= 4 is 16.9 Å². The number of aromatic amines is 1. The molecule has 1 saturated heterocycles. The molecule has 1 aliphatic heterocycles. The van der Waals surface area contributed by atoms with E-state index in [0.29, 0.717) is 48.1 Å². The zero-order valence-electron chi connectivity index (χ0n) is 16.8. The Morgan fingerprint density at radius 1 is 1.38 bits per heavy atom. The molecule has 154 valence electrons. The van der Waals surface area contributed by atoms with Gasteiger partial charge in [0.2, 0.25) is 11.8 Å². The SMILES string of the molecule is CC(C)Cc1noc(C2CCCN(C(=O)CCc3nc4ccc(F)cc4[nH]3)C2)n1. The van der Waals surface area contributed by atoms with Crippen LogP contribution >= 0.6 is 0 Å². The van der Waals surface area contributed by atoms with E-state index in [4.69, 9.17) is 4.52 Å². The Hall–Kier alpha value is -2.77. The summed E-state index contributed by atoms with van der Waals surface area (Å²) in [6.45, 7) is 5.59. The van der Waals surface area contributed by atoms with Gasteiger partial charge in [-0.2, -0.15) is 4.98 Å². The number of halogens is 1. The molecule has 0 aliphatic carbocycles. The molecule has 2 aromatic heterocycles. The monoisotopic (exact) mass is 399 g/mol. The minimum absolute atomic E-state index is 0.0863. The van der Waals surface area contributed by atoms with Crippen molar-refractivity contribution < 1.29 is 13.7 Å². The van der Waals surface area contributed by atoms with Crippen LogP contribution in [0.1, 0.15) is 56.6 Å². The lowest BCUT2D eigenvalue weighted by atomic mass is 9.97. The highest BCUT2D eigenvalue weighted by Crippen LogP contribution is 2.26. The number of hydrogen-bond donors (Lipinski definition) is 1. The molecule has 0 bridgehead atoms. The van der Waals surface area contributed by atoms with Gasteiger partial charge in [0.05, 0.1) is 17.0 Å². The summed E-state index contributed by atoms with van der Waals surface area (Å²) >= 11 is 0. The molecule has 1 aromatic carbocycles. The third kappa shape index (κ3) is 4.63. The molecule has 1 amide bonds. The predicted molar refractivity (Wildman–Crippen MR) is 106 cm³/mol. The second-order valence-electron chi connectivity index (χ2n) is 8.17. The molecule has 1 unspecified atom stereocenters. The minimum atomic E-state index is -0.305. The summed E-state index contributed by atoms with van der Waals surface area (Å²) in [4.78, 5) is 26.7. The van der Waals surface area contributed by atoms with Gasteiger partial charge in [-0.05, 0) is 37.0 Å². The quantitative estimate of drug-likeness (QED) is 0.684. The highest BCUT2D eigenvalue weighted by Gasteiger charge is 2.28. The van der Waals surface area contributed by atoms with Crippen LogP contribution in [0.15, 0.2) is 22.7 Å². The largest absolute Gasteiger partial charge is 0.342 e. The van der Waals surface area contributed by atoms with Gasteiger partial charge in [0.15, 0.2) is 5.82 Å². The number of likely N-dealkylation sites (tertiary alicyclic amines) is 1. The second kappa shape index (κ2) is 8.31. The van der Waals surface area contributed by atoms with Gasteiger partial charge in [-0.3, -0.25) is 4.79 Å². The van der Waals surface area contributed by atoms with Crippen molar-refractivity contribution in [2.45, 2.75) is 51.9 Å². The summed E-state index contributed by atoms with van der Waals surface area (Å²) in [6, 6.07) is 4.44. The van der Waals surface area contributed by atoms with Crippen molar-refractivity contribution in [3.05, 3.63) is 41.6 Å². The Morgan fingerprint density at radius 2 is 2.24 bits per heavy atom. The molecule has 0 spiro atoms. The van der Waals surface area contributed by atoms with E-state index in [0.717, 1.165) is 31.6 Å². The number of nitrogens with zero attached hydrogens (tertiary/aromatic N) is 4. The first-order chi connectivity index (χ1) is 14.0. The number of rotatable bonds is 6. The summed E-state index contributed by atoms with van der Waals surface area (Å²) in [5.41, 5.74) is 1.36. The summed E-state index contributed by atoms with van der Waals surface area (Å²) in [5.74, 6) is 2.42. The van der Waals surface area contributed by atoms with E-state index >= 15 is 0 Å². The number of carbonyl (C=O) groups is 1. The minimum Gasteiger partial charge on any atom is -0.342 e. The number of fused-ring (bicyclic) bond motifs is 1. The van der Waals surface area contributed by atoms with Gasteiger partial charge in [-0.25, -0.2) is 9.37 Å². The first-order valence-electron chi connectivity index (χ1n) is 10.2. The first kappa shape index (κ1) is 19.5. The van der Waals surface area contributed by atoms with Crippen LogP contribution in [-0.2, 0) is 17.6 Å². The van der Waals surface area contributed by atoms with Gasteiger partial charge in [0, 0.05) is 32.4 Å². The van der Waals surface area contributed by atoms with Crippen molar-refractivity contribution in [2.75, 3.05) is 13.1 Å². The fourth-order valence-electron chi connectivity index (χ4n) is 3.82. The zero-order valence-corrected chi connectivity index (χ0v) is 16.8. The molecular weight excluding hydrogens is 373 g/mol. The lowest BCUT2D eigenvalue weighted by molar-refractivity contribution is -0.132. The summed E-state index contributed by atoms with van der Waals surface area (Å²) < 4.78 is 18.8. The van der Waals surface area contributed by atoms with Crippen molar-refractivity contribution in [1.82, 2.24) is 25.0 Å². The summed E-state index contributed by atoms with van der Waals surface area (Å²) in [5, 5.41) is 4.08. The van der Waals surface area contributed by atoms with E-state index in [1.807, 2.05) is 4.90 Å². The number of H-pyrrole nitrogens is 1. The highest BCUT2D eigenvalue weighted by atomic mass is 19.1. The summed E-state index contributed by atoms with van der Waals surface area (Å²) in [7, 11) is 0. The fraction of sp³-hybridized carbons (Fsp3) is 0.524. The van der Waals surface area contributed by atoms with Gasteiger partial charge in [0.25, 0.3) is 0 Å². The van der Waals surface area contributed by atoms with Crippen LogP contribution in [0.25, 0.3) is 11.0 Å². The van der Waals surface area contributed by atoms with Gasteiger partial charge in [0.1, 0.15) is 11.6 Å². The number of aromatic nitrogens is 4. The Balaban J connectivity index is 1.35. The number of amides is 1. The fourth-order valence-corrected chi connectivity index (χ4v) is 3.82. The normalized spacial score (nSPS) is 17.4. The molecule has 0 saturated carbocycles. The smallest absolute Gasteiger partial charge is 0.231 e. The van der Waals surface area contributed by atoms with Gasteiger partial charge >= 0.3 is 0 Å². The maximum atomic E-state index is 13.3. The van der Waals surface area contributed by atoms with E-state index < -0.39 is 0 Å². The molecule has 1 aliphatic rings. The number of benzene rings is 1. The van der Waals surface area contributed by atoms with Crippen LogP contribution in [0.4, 0.5) is 4.39 Å². The van der Waals surface area contributed by atoms with Crippen LogP contribution in [-0.4, -0.2) is 44.0 Å². The number of piperidine rings is 1. The van der Waals surface area contributed by atoms with Crippen LogP contribution in [0.3, 0.4) is 0 Å². The van der Waals surface area contributed by atoms with E-state index in [2.05, 4.69) is 34.0 Å². The Labute approximate surface area is 168 Å². The average Bonchev–Trinajstić information content (AvgIpc) is 3.32. The molecule has 7 nitrogen and oxygen atoms in total. The van der Waals surface area contributed by atoms with Gasteiger partial charge in [-0.1, -0.05) is 19.0 Å². The van der Waals surface area contributed by atoms with Crippen LogP contribution in [0.5, 0.6) is 0 Å². The van der Waals surface area contributed by atoms with E-state index in [-0.39, 0.29) is 17.6 Å². The second-order valence-corrected chi connectivity index (χ2v) is 8.17. The van der Waals surface area contributed by atoms with E-state index in [1.54, 1.807) is 6.07 Å².